The first-order chi connectivity index (χ1) is 14.3. The Hall–Kier alpha value is -1.46. The molecule has 0 saturated carbocycles. The molecule has 3 fully saturated rings. The first-order valence-electron chi connectivity index (χ1n) is 9.44. The third kappa shape index (κ3) is 3.80. The molecule has 0 aliphatic carbocycles. The number of hydrogen-bond acceptors (Lipinski definition) is 13. The van der Waals surface area contributed by atoms with E-state index in [1.807, 2.05) is 0 Å². The number of nitrogens with one attached hydrogen (secondary N) is 2. The minimum atomic E-state index is -1.47. The summed E-state index contributed by atoms with van der Waals surface area (Å²) in [5.74, 6) is -0.358. The molecule has 170 valence electrons. The second-order valence-electron chi connectivity index (χ2n) is 7.62. The lowest BCUT2D eigenvalue weighted by molar-refractivity contribution is -0.339. The van der Waals surface area contributed by atoms with Crippen LogP contribution in [-0.2, 0) is 33.7 Å². The van der Waals surface area contributed by atoms with E-state index in [4.69, 9.17) is 29.2 Å². The third-order valence-electron chi connectivity index (χ3n) is 5.48. The van der Waals surface area contributed by atoms with Crippen molar-refractivity contribution in [3.8, 4) is 0 Å². The van der Waals surface area contributed by atoms with Gasteiger partial charge in [-0.2, -0.15) is 4.89 Å². The molecule has 14 heteroatoms. The van der Waals surface area contributed by atoms with E-state index in [-0.39, 0.29) is 12.5 Å². The van der Waals surface area contributed by atoms with E-state index in [0.717, 1.165) is 0 Å². The van der Waals surface area contributed by atoms with Crippen molar-refractivity contribution in [3.05, 3.63) is 0 Å². The van der Waals surface area contributed by atoms with E-state index >= 15 is 0 Å². The summed E-state index contributed by atoms with van der Waals surface area (Å²) in [6.45, 7) is 2.18. The predicted molar refractivity (Wildman–Crippen MR) is 92.4 cm³/mol. The molecule has 3 saturated heterocycles. The zero-order chi connectivity index (χ0) is 21.6. The van der Waals surface area contributed by atoms with Gasteiger partial charge in [0.2, 0.25) is 11.8 Å². The molecule has 0 spiro atoms. The zero-order valence-corrected chi connectivity index (χ0v) is 16.2. The number of carbonyl (C=O) groups is 1. The minimum Gasteiger partial charge on any atom is -0.388 e. The highest BCUT2D eigenvalue weighted by atomic mass is 17.2. The average Bonchev–Trinajstić information content (AvgIpc) is 3.38. The van der Waals surface area contributed by atoms with Gasteiger partial charge in [0.05, 0.1) is 0 Å². The molecule has 1 amide bonds. The summed E-state index contributed by atoms with van der Waals surface area (Å²) in [4.78, 5) is 30.0. The SMILES string of the molecule is CC(=O)N[C@@]12N[C@H]1O[C@@H]1COOC(C)=N[C@H]3[C@H](O[C@H]1[C@@H]2O)O[C@H](COO)[C@@H](O)[C@@H]3O. The molecule has 4 rings (SSSR count). The Morgan fingerprint density at radius 1 is 1.30 bits per heavy atom. The van der Waals surface area contributed by atoms with Crippen LogP contribution >= 0.6 is 0 Å². The van der Waals surface area contributed by atoms with E-state index < -0.39 is 73.4 Å². The standard InChI is InChI=1S/C16H25N3O11/c1-5(20)18-16-13(23)12-8(28-15(16)19-16)4-26-30-6(2)17-9-11(22)10(21)7(3-25-24)27-14(9)29-12/h7-15,19,21-24H,3-4H2,1-2H3,(H,18,20)/t7-,8-,9-,10-,11-,12-,13+,14+,15+,16+/m1/s1. The number of fused-ring (bicyclic) bond motifs is 3. The number of amides is 1. The number of rotatable bonds is 3. The normalized spacial score (nSPS) is 48.2. The monoisotopic (exact) mass is 435 g/mol. The quantitative estimate of drug-likeness (QED) is 0.146. The van der Waals surface area contributed by atoms with Crippen molar-refractivity contribution in [2.45, 2.75) is 74.7 Å². The Morgan fingerprint density at radius 2 is 2.07 bits per heavy atom. The maximum atomic E-state index is 11.6. The maximum absolute atomic E-state index is 11.6. The van der Waals surface area contributed by atoms with Crippen LogP contribution in [0, 0.1) is 0 Å². The van der Waals surface area contributed by atoms with Crippen molar-refractivity contribution in [2.75, 3.05) is 13.2 Å². The van der Waals surface area contributed by atoms with E-state index in [9.17, 15) is 20.1 Å². The molecule has 10 atom stereocenters. The maximum Gasteiger partial charge on any atom is 0.225 e. The van der Waals surface area contributed by atoms with E-state index in [0.29, 0.717) is 0 Å². The second-order valence-corrected chi connectivity index (χ2v) is 7.62. The molecule has 0 unspecified atom stereocenters. The third-order valence-corrected chi connectivity index (χ3v) is 5.48. The van der Waals surface area contributed by atoms with Crippen molar-refractivity contribution >= 4 is 11.8 Å². The fourth-order valence-corrected chi connectivity index (χ4v) is 3.98. The van der Waals surface area contributed by atoms with Gasteiger partial charge in [0, 0.05) is 13.8 Å². The fourth-order valence-electron chi connectivity index (χ4n) is 3.98. The molecule has 0 aromatic rings. The van der Waals surface area contributed by atoms with Gasteiger partial charge in [0.15, 0.2) is 12.0 Å². The molecule has 0 aromatic carbocycles. The van der Waals surface area contributed by atoms with E-state index in [2.05, 4.69) is 20.5 Å². The van der Waals surface area contributed by atoms with Crippen LogP contribution < -0.4 is 10.6 Å². The summed E-state index contributed by atoms with van der Waals surface area (Å²) in [5.41, 5.74) is -1.26. The number of carbonyl (C=O) groups excluding carboxylic acids is 1. The highest BCUT2D eigenvalue weighted by molar-refractivity contribution is 5.74. The van der Waals surface area contributed by atoms with Crippen LogP contribution in [0.15, 0.2) is 4.99 Å². The lowest BCUT2D eigenvalue weighted by atomic mass is 9.95. The van der Waals surface area contributed by atoms with E-state index in [1.165, 1.54) is 13.8 Å². The summed E-state index contributed by atoms with van der Waals surface area (Å²) >= 11 is 0. The number of aliphatic imine (C=N–C) groups is 1. The van der Waals surface area contributed by atoms with Gasteiger partial charge in [0.1, 0.15) is 62.1 Å². The highest BCUT2D eigenvalue weighted by Gasteiger charge is 2.69. The van der Waals surface area contributed by atoms with Crippen molar-refractivity contribution in [1.82, 2.24) is 10.6 Å². The Bertz CT molecular complexity index is 695. The van der Waals surface area contributed by atoms with Crippen molar-refractivity contribution in [1.29, 1.82) is 0 Å². The minimum absolute atomic E-state index is 0.0345. The fraction of sp³-hybridized carbons (Fsp3) is 0.875. The molecule has 6 N–H and O–H groups in total. The molecular formula is C16H25N3O11. The Kier molecular flexibility index (Phi) is 5.97. The van der Waals surface area contributed by atoms with Crippen LogP contribution in [0.5, 0.6) is 0 Å². The lowest BCUT2D eigenvalue weighted by Crippen LogP contribution is -2.66. The van der Waals surface area contributed by atoms with Crippen molar-refractivity contribution in [2.24, 2.45) is 4.99 Å². The number of ether oxygens (including phenoxy) is 3. The van der Waals surface area contributed by atoms with Gasteiger partial charge in [-0.05, 0) is 0 Å². The second kappa shape index (κ2) is 8.23. The average molecular weight is 435 g/mol. The van der Waals surface area contributed by atoms with Crippen molar-refractivity contribution in [3.63, 3.8) is 0 Å². The van der Waals surface area contributed by atoms with Crippen LogP contribution in [-0.4, -0.2) is 106 Å². The van der Waals surface area contributed by atoms with Gasteiger partial charge in [-0.1, -0.05) is 0 Å². The highest BCUT2D eigenvalue weighted by Crippen LogP contribution is 2.40. The van der Waals surface area contributed by atoms with E-state index in [1.54, 1.807) is 0 Å². The molecule has 4 aliphatic rings. The molecule has 14 nitrogen and oxygen atoms in total. The largest absolute Gasteiger partial charge is 0.388 e. The summed E-state index contributed by atoms with van der Waals surface area (Å²) in [7, 11) is 0. The van der Waals surface area contributed by atoms with Crippen LogP contribution in [0.2, 0.25) is 0 Å². The Balaban J connectivity index is 1.62. The smallest absolute Gasteiger partial charge is 0.225 e. The first-order valence-corrected chi connectivity index (χ1v) is 9.44. The molecule has 0 bridgehead atoms. The van der Waals surface area contributed by atoms with Gasteiger partial charge in [-0.25, -0.2) is 9.88 Å². The molecular weight excluding hydrogens is 410 g/mol. The van der Waals surface area contributed by atoms with Gasteiger partial charge in [0.25, 0.3) is 0 Å². The summed E-state index contributed by atoms with van der Waals surface area (Å²) < 4.78 is 17.4. The first kappa shape index (κ1) is 21.8. The molecule has 0 radical (unpaired) electrons. The number of aliphatic hydroxyl groups is 3. The van der Waals surface area contributed by atoms with Gasteiger partial charge in [-0.3, -0.25) is 15.4 Å². The summed E-state index contributed by atoms with van der Waals surface area (Å²) in [6, 6.07) is -1.16. The molecule has 4 aliphatic heterocycles. The molecule has 30 heavy (non-hydrogen) atoms. The van der Waals surface area contributed by atoms with Crippen LogP contribution in [0.1, 0.15) is 13.8 Å². The Morgan fingerprint density at radius 3 is 2.77 bits per heavy atom. The van der Waals surface area contributed by atoms with Crippen LogP contribution in [0.3, 0.4) is 0 Å². The van der Waals surface area contributed by atoms with Crippen molar-refractivity contribution < 1.29 is 54.2 Å². The number of nitrogens with zero attached hydrogens (tertiary/aromatic N) is 1. The zero-order valence-electron chi connectivity index (χ0n) is 16.2. The van der Waals surface area contributed by atoms with Gasteiger partial charge in [-0.15, -0.1) is 0 Å². The topological polar surface area (TPSA) is 200 Å². The molecule has 0 aromatic heterocycles. The van der Waals surface area contributed by atoms with Gasteiger partial charge < -0.3 is 39.7 Å². The van der Waals surface area contributed by atoms with Crippen LogP contribution in [0.4, 0.5) is 0 Å². The molecule has 4 heterocycles. The lowest BCUT2D eigenvalue weighted by Gasteiger charge is -2.45. The van der Waals surface area contributed by atoms with Crippen LogP contribution in [0.25, 0.3) is 0 Å². The number of aliphatic hydroxyl groups excluding tert-OH is 3. The Labute approximate surface area is 170 Å². The summed E-state index contributed by atoms with van der Waals surface area (Å²) in [5, 5.41) is 46.0. The number of hydrogen-bond donors (Lipinski definition) is 6. The van der Waals surface area contributed by atoms with Gasteiger partial charge >= 0.3 is 0 Å². The summed E-state index contributed by atoms with van der Waals surface area (Å²) in [6.07, 6.45) is -9.26. The predicted octanol–water partition coefficient (Wildman–Crippen LogP) is -3.42.